The summed E-state index contributed by atoms with van der Waals surface area (Å²) in [7, 11) is 0. The van der Waals surface area contributed by atoms with Gasteiger partial charge in [-0.15, -0.1) is 22.7 Å². The van der Waals surface area contributed by atoms with E-state index in [0.29, 0.717) is 11.8 Å². The van der Waals surface area contributed by atoms with E-state index in [1.807, 2.05) is 22.7 Å². The Morgan fingerprint density at radius 3 is 1.82 bits per heavy atom. The molecule has 4 heteroatoms. The molecule has 0 aliphatic heterocycles. The Morgan fingerprint density at radius 2 is 1.14 bits per heavy atom. The number of aryl methyl sites for hydroxylation is 2. The zero-order valence-electron chi connectivity index (χ0n) is 26.3. The maximum absolute atomic E-state index is 2.47. The number of aromatic nitrogens is 1. The second-order valence-corrected chi connectivity index (χ2v) is 14.8. The van der Waals surface area contributed by atoms with E-state index < -0.39 is 0 Å². The van der Waals surface area contributed by atoms with Crippen LogP contribution < -0.4 is 4.90 Å². The zero-order chi connectivity index (χ0) is 30.5. The van der Waals surface area contributed by atoms with Crippen molar-refractivity contribution in [1.82, 2.24) is 4.57 Å². The first-order valence-electron chi connectivity index (χ1n) is 15.5. The zero-order valence-corrected chi connectivity index (χ0v) is 27.9. The molecule has 0 unspecified atom stereocenters. The predicted octanol–water partition coefficient (Wildman–Crippen LogP) is 12.9. The third-order valence-electron chi connectivity index (χ3n) is 8.72. The highest BCUT2D eigenvalue weighted by atomic mass is 32.1. The van der Waals surface area contributed by atoms with Gasteiger partial charge in [-0.25, -0.2) is 0 Å². The van der Waals surface area contributed by atoms with Crippen molar-refractivity contribution >= 4 is 60.9 Å². The molecule has 0 saturated heterocycles. The number of fused-ring (bicyclic) bond motifs is 3. The van der Waals surface area contributed by atoms with Gasteiger partial charge < -0.3 is 9.47 Å². The van der Waals surface area contributed by atoms with Crippen molar-refractivity contribution in [3.05, 3.63) is 130 Å². The third-order valence-corrected chi connectivity index (χ3v) is 10.8. The normalized spacial score (nSPS) is 11.8. The summed E-state index contributed by atoms with van der Waals surface area (Å²) < 4.78 is 2.47. The lowest BCUT2D eigenvalue weighted by Crippen LogP contribution is -2.08. The lowest BCUT2D eigenvalue weighted by molar-refractivity contribution is 0.863. The molecule has 3 aromatic heterocycles. The lowest BCUT2D eigenvalue weighted by Gasteiger charge is -2.24. The van der Waals surface area contributed by atoms with Crippen molar-refractivity contribution in [3.63, 3.8) is 0 Å². The summed E-state index contributed by atoms with van der Waals surface area (Å²) in [6, 6.07) is 40.3. The van der Waals surface area contributed by atoms with Gasteiger partial charge in [0, 0.05) is 31.9 Å². The van der Waals surface area contributed by atoms with Gasteiger partial charge in [-0.2, -0.15) is 0 Å². The minimum absolute atomic E-state index is 0.501. The molecular weight excluding hydrogens is 573 g/mol. The monoisotopic (exact) mass is 610 g/mol. The van der Waals surface area contributed by atoms with Crippen LogP contribution in [-0.4, -0.2) is 4.57 Å². The van der Waals surface area contributed by atoms with Crippen LogP contribution in [0.25, 0.3) is 37.9 Å². The minimum atomic E-state index is 0.501. The highest BCUT2D eigenvalue weighted by Gasteiger charge is 2.19. The van der Waals surface area contributed by atoms with E-state index >= 15 is 0 Å². The Bertz CT molecular complexity index is 2090. The fourth-order valence-corrected chi connectivity index (χ4v) is 8.91. The summed E-state index contributed by atoms with van der Waals surface area (Å²) in [5, 5.41) is 5.13. The van der Waals surface area contributed by atoms with Crippen LogP contribution in [0.4, 0.5) is 16.4 Å². The molecule has 0 bridgehead atoms. The molecule has 0 radical (unpaired) electrons. The topological polar surface area (TPSA) is 8.17 Å². The van der Waals surface area contributed by atoms with Gasteiger partial charge in [0.25, 0.3) is 0 Å². The van der Waals surface area contributed by atoms with E-state index in [-0.39, 0.29) is 0 Å². The van der Waals surface area contributed by atoms with Gasteiger partial charge in [0.15, 0.2) is 0 Å². The molecular formula is C40H38N2S2. The second-order valence-electron chi connectivity index (χ2n) is 12.3. The van der Waals surface area contributed by atoms with Gasteiger partial charge in [0.2, 0.25) is 0 Å². The fraction of sp³-hybridized carbons (Fsp3) is 0.200. The molecule has 0 aliphatic rings. The average Bonchev–Trinajstić information content (AvgIpc) is 3.70. The quantitative estimate of drug-likeness (QED) is 0.174. The van der Waals surface area contributed by atoms with Crippen molar-refractivity contribution in [2.75, 3.05) is 4.90 Å². The molecule has 0 N–H and O–H groups in total. The predicted molar refractivity (Wildman–Crippen MR) is 194 cm³/mol. The smallest absolute Gasteiger partial charge is 0.100 e. The molecule has 0 fully saturated rings. The van der Waals surface area contributed by atoms with Crippen LogP contribution in [0.15, 0.2) is 109 Å². The highest BCUT2D eigenvalue weighted by molar-refractivity contribution is 7.16. The molecule has 7 rings (SSSR count). The van der Waals surface area contributed by atoms with E-state index in [4.69, 9.17) is 0 Å². The van der Waals surface area contributed by atoms with Crippen LogP contribution >= 0.6 is 22.7 Å². The Balaban J connectivity index is 1.33. The number of anilines is 3. The lowest BCUT2D eigenvalue weighted by atomic mass is 10.0. The molecule has 0 amide bonds. The maximum Gasteiger partial charge on any atom is 0.100 e. The number of para-hydroxylation sites is 2. The van der Waals surface area contributed by atoms with Crippen molar-refractivity contribution in [2.24, 2.45) is 0 Å². The first kappa shape index (κ1) is 28.6. The number of nitrogens with zero attached hydrogens (tertiary/aromatic N) is 2. The maximum atomic E-state index is 2.47. The van der Waals surface area contributed by atoms with E-state index in [1.165, 1.54) is 75.2 Å². The molecule has 220 valence electrons. The average molecular weight is 611 g/mol. The molecule has 2 nitrogen and oxygen atoms in total. The standard InChI is InChI=1S/C40H38N2S2/c1-25(2)35-23-39(43-27(35)5)41(31-12-8-7-9-13-31)32-19-16-29(17-20-32)30-18-21-34-33-14-10-11-15-37(33)42(38(34)22-30)40-24-36(26(3)4)28(6)44-40/h7-26H,1-6H3. The van der Waals surface area contributed by atoms with Crippen LogP contribution in [0.2, 0.25) is 0 Å². The van der Waals surface area contributed by atoms with Crippen molar-refractivity contribution in [2.45, 2.75) is 53.4 Å². The van der Waals surface area contributed by atoms with Gasteiger partial charge in [-0.05, 0) is 96.5 Å². The summed E-state index contributed by atoms with van der Waals surface area (Å²) in [4.78, 5) is 5.18. The largest absolute Gasteiger partial charge is 0.302 e. The minimum Gasteiger partial charge on any atom is -0.302 e. The number of rotatable bonds is 7. The first-order valence-corrected chi connectivity index (χ1v) is 17.1. The highest BCUT2D eigenvalue weighted by Crippen LogP contribution is 2.43. The summed E-state index contributed by atoms with van der Waals surface area (Å²) in [6.45, 7) is 13.6. The second kappa shape index (κ2) is 11.4. The number of hydrogen-bond acceptors (Lipinski definition) is 3. The molecule has 44 heavy (non-hydrogen) atoms. The molecule has 3 heterocycles. The molecule has 0 aliphatic carbocycles. The third kappa shape index (κ3) is 4.96. The first-order chi connectivity index (χ1) is 21.3. The molecule has 4 aromatic carbocycles. The number of benzene rings is 4. The molecule has 0 spiro atoms. The SMILES string of the molecule is Cc1sc(N(c2ccccc2)c2ccc(-c3ccc4c5ccccc5n(-c5cc(C(C)C)c(C)s5)c4c3)cc2)cc1C(C)C. The van der Waals surface area contributed by atoms with Gasteiger partial charge in [0.1, 0.15) is 10.0 Å². The van der Waals surface area contributed by atoms with Crippen molar-refractivity contribution < 1.29 is 0 Å². The Labute approximate surface area is 268 Å². The summed E-state index contributed by atoms with van der Waals surface area (Å²) >= 11 is 3.77. The van der Waals surface area contributed by atoms with E-state index in [9.17, 15) is 0 Å². The summed E-state index contributed by atoms with van der Waals surface area (Å²) in [5.41, 5.74) is 10.2. The van der Waals surface area contributed by atoms with Crippen LogP contribution in [0.5, 0.6) is 0 Å². The van der Waals surface area contributed by atoms with Gasteiger partial charge in [0.05, 0.1) is 11.0 Å². The van der Waals surface area contributed by atoms with Crippen LogP contribution in [0.1, 0.15) is 60.4 Å². The Kier molecular flexibility index (Phi) is 7.44. The number of thiophene rings is 2. The summed E-state index contributed by atoms with van der Waals surface area (Å²) in [5.74, 6) is 1.01. The van der Waals surface area contributed by atoms with Crippen molar-refractivity contribution in [3.8, 4) is 16.1 Å². The van der Waals surface area contributed by atoms with Crippen molar-refractivity contribution in [1.29, 1.82) is 0 Å². The van der Waals surface area contributed by atoms with Crippen LogP contribution in [-0.2, 0) is 0 Å². The fourth-order valence-electron chi connectivity index (χ4n) is 6.50. The van der Waals surface area contributed by atoms with Crippen LogP contribution in [0.3, 0.4) is 0 Å². The van der Waals surface area contributed by atoms with E-state index in [1.54, 1.807) is 0 Å². The molecule has 0 saturated carbocycles. The van der Waals surface area contributed by atoms with Gasteiger partial charge >= 0.3 is 0 Å². The van der Waals surface area contributed by atoms with Crippen LogP contribution in [0, 0.1) is 13.8 Å². The molecule has 7 aromatic rings. The summed E-state index contributed by atoms with van der Waals surface area (Å²) in [6.07, 6.45) is 0. The van der Waals surface area contributed by atoms with E-state index in [0.717, 1.165) is 0 Å². The molecule has 0 atom stereocenters. The van der Waals surface area contributed by atoms with E-state index in [2.05, 4.69) is 160 Å². The number of hydrogen-bond donors (Lipinski definition) is 0. The Hall–Kier alpha value is -4.12. The van der Waals surface area contributed by atoms with Gasteiger partial charge in [-0.3, -0.25) is 0 Å². The van der Waals surface area contributed by atoms with Gasteiger partial charge in [-0.1, -0.05) is 88.4 Å². The Morgan fingerprint density at radius 1 is 0.545 bits per heavy atom.